The average molecular weight is 267 g/mol. The molecule has 0 aliphatic rings. The Labute approximate surface area is 90.2 Å². The first-order valence-electron chi connectivity index (χ1n) is 3.76. The lowest BCUT2D eigenvalue weighted by molar-refractivity contribution is 0.498. The molecule has 0 heterocycles. The zero-order chi connectivity index (χ0) is 10.2. The van der Waals surface area contributed by atoms with E-state index in [0.29, 0.717) is 15.1 Å². The molecule has 0 aliphatic heterocycles. The molecule has 0 aromatic heterocycles. The van der Waals surface area contributed by atoms with Crippen molar-refractivity contribution in [1.82, 2.24) is 0 Å². The molecular formula is C9H10BrClFN. The van der Waals surface area contributed by atoms with Gasteiger partial charge in [0, 0.05) is 20.6 Å². The molecule has 13 heavy (non-hydrogen) atoms. The molecule has 0 radical (unpaired) electrons. The van der Waals surface area contributed by atoms with Crippen LogP contribution in [-0.4, -0.2) is 0 Å². The van der Waals surface area contributed by atoms with Crippen molar-refractivity contribution in [3.05, 3.63) is 33.0 Å². The Hall–Kier alpha value is -0.120. The molecule has 1 nitrogen and oxygen atoms in total. The maximum Gasteiger partial charge on any atom is 0.130 e. The van der Waals surface area contributed by atoms with Crippen LogP contribution < -0.4 is 5.73 Å². The minimum atomic E-state index is -0.715. The number of nitrogens with two attached hydrogens (primary N) is 1. The zero-order valence-corrected chi connectivity index (χ0v) is 9.71. The molecule has 72 valence electrons. The molecule has 0 fully saturated rings. The van der Waals surface area contributed by atoms with Crippen LogP contribution in [0.3, 0.4) is 0 Å². The summed E-state index contributed by atoms with van der Waals surface area (Å²) in [5.41, 5.74) is 5.52. The predicted molar refractivity (Wildman–Crippen MR) is 56.3 cm³/mol. The molecule has 0 unspecified atom stereocenters. The van der Waals surface area contributed by atoms with Crippen LogP contribution in [0.5, 0.6) is 0 Å². The van der Waals surface area contributed by atoms with Crippen LogP contribution >= 0.6 is 27.5 Å². The second-order valence-corrected chi connectivity index (χ2v) is 4.76. The fourth-order valence-corrected chi connectivity index (χ4v) is 2.44. The summed E-state index contributed by atoms with van der Waals surface area (Å²) in [7, 11) is 0. The normalized spacial score (nSPS) is 11.8. The quantitative estimate of drug-likeness (QED) is 0.828. The Morgan fingerprint density at radius 2 is 2.00 bits per heavy atom. The SMILES string of the molecule is CC(C)(N)c1c(F)cc(Cl)cc1Br. The molecule has 0 aliphatic carbocycles. The molecular weight excluding hydrogens is 256 g/mol. The molecule has 0 saturated heterocycles. The highest BCUT2D eigenvalue weighted by molar-refractivity contribution is 9.10. The Morgan fingerprint density at radius 1 is 1.46 bits per heavy atom. The Kier molecular flexibility index (Phi) is 3.00. The lowest BCUT2D eigenvalue weighted by atomic mass is 9.95. The van der Waals surface area contributed by atoms with E-state index in [2.05, 4.69) is 15.9 Å². The maximum absolute atomic E-state index is 13.4. The summed E-state index contributed by atoms with van der Waals surface area (Å²) in [5, 5.41) is 0.359. The fraction of sp³-hybridized carbons (Fsp3) is 0.333. The second kappa shape index (κ2) is 3.56. The lowest BCUT2D eigenvalue weighted by Crippen LogP contribution is -2.30. The summed E-state index contributed by atoms with van der Waals surface area (Å²) in [6, 6.07) is 2.89. The van der Waals surface area contributed by atoms with Crippen molar-refractivity contribution in [2.45, 2.75) is 19.4 Å². The van der Waals surface area contributed by atoms with Gasteiger partial charge in [-0.2, -0.15) is 0 Å². The van der Waals surface area contributed by atoms with Crippen molar-refractivity contribution in [2.75, 3.05) is 0 Å². The average Bonchev–Trinajstić information content (AvgIpc) is 1.78. The van der Waals surface area contributed by atoms with E-state index in [9.17, 15) is 4.39 Å². The van der Waals surface area contributed by atoms with Gasteiger partial charge in [0.05, 0.1) is 0 Å². The molecule has 1 aromatic carbocycles. The van der Waals surface area contributed by atoms with E-state index in [0.717, 1.165) is 0 Å². The van der Waals surface area contributed by atoms with Crippen LogP contribution in [0.1, 0.15) is 19.4 Å². The van der Waals surface area contributed by atoms with Gasteiger partial charge in [-0.15, -0.1) is 0 Å². The highest BCUT2D eigenvalue weighted by Crippen LogP contribution is 2.31. The molecule has 2 N–H and O–H groups in total. The van der Waals surface area contributed by atoms with Gasteiger partial charge in [-0.25, -0.2) is 4.39 Å². The van der Waals surface area contributed by atoms with Gasteiger partial charge in [0.25, 0.3) is 0 Å². The predicted octanol–water partition coefficient (Wildman–Crippen LogP) is 3.44. The van der Waals surface area contributed by atoms with Crippen LogP contribution in [0.25, 0.3) is 0 Å². The smallest absolute Gasteiger partial charge is 0.130 e. The van der Waals surface area contributed by atoms with Crippen molar-refractivity contribution < 1.29 is 4.39 Å². The standard InChI is InChI=1S/C9H10BrClFN/c1-9(2,13)8-6(10)3-5(11)4-7(8)12/h3-4H,13H2,1-2H3. The summed E-state index contributed by atoms with van der Waals surface area (Å²) in [5.74, 6) is -0.383. The number of hydrogen-bond donors (Lipinski definition) is 1. The van der Waals surface area contributed by atoms with Gasteiger partial charge in [-0.1, -0.05) is 27.5 Å². The monoisotopic (exact) mass is 265 g/mol. The van der Waals surface area contributed by atoms with Crippen molar-refractivity contribution in [3.63, 3.8) is 0 Å². The highest BCUT2D eigenvalue weighted by atomic mass is 79.9. The molecule has 0 spiro atoms. The summed E-state index contributed by atoms with van der Waals surface area (Å²) in [6.07, 6.45) is 0. The van der Waals surface area contributed by atoms with E-state index < -0.39 is 5.54 Å². The third-order valence-electron chi connectivity index (χ3n) is 1.65. The van der Waals surface area contributed by atoms with E-state index in [1.807, 2.05) is 0 Å². The van der Waals surface area contributed by atoms with Crippen LogP contribution in [0.4, 0.5) is 4.39 Å². The summed E-state index contributed by atoms with van der Waals surface area (Å²) in [4.78, 5) is 0. The minimum Gasteiger partial charge on any atom is -0.322 e. The number of hydrogen-bond acceptors (Lipinski definition) is 1. The number of benzene rings is 1. The van der Waals surface area contributed by atoms with Crippen LogP contribution in [-0.2, 0) is 5.54 Å². The first-order chi connectivity index (χ1) is 5.82. The van der Waals surface area contributed by atoms with Gasteiger partial charge < -0.3 is 5.73 Å². The van der Waals surface area contributed by atoms with Crippen molar-refractivity contribution in [1.29, 1.82) is 0 Å². The zero-order valence-electron chi connectivity index (χ0n) is 7.37. The van der Waals surface area contributed by atoms with E-state index in [1.165, 1.54) is 6.07 Å². The van der Waals surface area contributed by atoms with E-state index in [1.54, 1.807) is 19.9 Å². The molecule has 0 saturated carbocycles. The largest absolute Gasteiger partial charge is 0.322 e. The van der Waals surface area contributed by atoms with Gasteiger partial charge in [-0.05, 0) is 26.0 Å². The van der Waals surface area contributed by atoms with Gasteiger partial charge in [0.1, 0.15) is 5.82 Å². The first-order valence-corrected chi connectivity index (χ1v) is 4.93. The Morgan fingerprint density at radius 3 is 2.38 bits per heavy atom. The van der Waals surface area contributed by atoms with Crippen molar-refractivity contribution in [2.24, 2.45) is 5.73 Å². The lowest BCUT2D eigenvalue weighted by Gasteiger charge is -2.21. The molecule has 4 heteroatoms. The second-order valence-electron chi connectivity index (χ2n) is 3.47. The maximum atomic E-state index is 13.4. The van der Waals surface area contributed by atoms with Gasteiger partial charge in [0.2, 0.25) is 0 Å². The molecule has 1 aromatic rings. The highest BCUT2D eigenvalue weighted by Gasteiger charge is 2.22. The Bertz CT molecular complexity index is 310. The third kappa shape index (κ3) is 2.42. The number of rotatable bonds is 1. The van der Waals surface area contributed by atoms with Crippen LogP contribution in [0.15, 0.2) is 16.6 Å². The molecule has 0 amide bonds. The van der Waals surface area contributed by atoms with Gasteiger partial charge in [0.15, 0.2) is 0 Å². The molecule has 0 atom stereocenters. The number of halogens is 3. The minimum absolute atomic E-state index is 0.359. The van der Waals surface area contributed by atoms with Crippen LogP contribution in [0, 0.1) is 5.82 Å². The summed E-state index contributed by atoms with van der Waals surface area (Å²) >= 11 is 8.89. The first kappa shape index (κ1) is 11.0. The summed E-state index contributed by atoms with van der Waals surface area (Å²) < 4.78 is 14.0. The van der Waals surface area contributed by atoms with Crippen molar-refractivity contribution >= 4 is 27.5 Å². The van der Waals surface area contributed by atoms with Gasteiger partial charge >= 0.3 is 0 Å². The topological polar surface area (TPSA) is 26.0 Å². The summed E-state index contributed by atoms with van der Waals surface area (Å²) in [6.45, 7) is 3.48. The Balaban J connectivity index is 3.38. The fourth-order valence-electron chi connectivity index (χ4n) is 1.16. The van der Waals surface area contributed by atoms with Crippen LogP contribution in [0.2, 0.25) is 5.02 Å². The van der Waals surface area contributed by atoms with E-state index in [4.69, 9.17) is 17.3 Å². The third-order valence-corrected chi connectivity index (χ3v) is 2.49. The van der Waals surface area contributed by atoms with E-state index >= 15 is 0 Å². The van der Waals surface area contributed by atoms with Gasteiger partial charge in [-0.3, -0.25) is 0 Å². The molecule has 1 rings (SSSR count). The van der Waals surface area contributed by atoms with E-state index in [-0.39, 0.29) is 5.82 Å². The van der Waals surface area contributed by atoms with Crippen molar-refractivity contribution in [3.8, 4) is 0 Å². The molecule has 0 bridgehead atoms.